The number of hydrogen-bond acceptors (Lipinski definition) is 3. The number of carbonyl (C=O) groups excluding carboxylic acids is 1. The highest BCUT2D eigenvalue weighted by molar-refractivity contribution is 5.95. The van der Waals surface area contributed by atoms with E-state index in [4.69, 9.17) is 0 Å². The van der Waals surface area contributed by atoms with Crippen molar-refractivity contribution in [2.45, 2.75) is 0 Å². The summed E-state index contributed by atoms with van der Waals surface area (Å²) in [5, 5.41) is 9.33. The van der Waals surface area contributed by atoms with Gasteiger partial charge < -0.3 is 5.32 Å². The largest absolute Gasteiger partial charge is 0.376 e. The van der Waals surface area contributed by atoms with Crippen LogP contribution in [0.3, 0.4) is 0 Å². The van der Waals surface area contributed by atoms with E-state index in [2.05, 4.69) is 15.8 Å². The summed E-state index contributed by atoms with van der Waals surface area (Å²) in [5.41, 5.74) is 4.39. The number of anilines is 1. The highest BCUT2D eigenvalue weighted by atomic mass is 16.2. The van der Waals surface area contributed by atoms with Gasteiger partial charge in [-0.3, -0.25) is 4.79 Å². The predicted octanol–water partition coefficient (Wildman–Crippen LogP) is 3.40. The normalized spacial score (nSPS) is 10.8. The van der Waals surface area contributed by atoms with Crippen LogP contribution >= 0.6 is 0 Å². The third-order valence-electron chi connectivity index (χ3n) is 3.43. The van der Waals surface area contributed by atoms with Crippen LogP contribution in [0.4, 0.5) is 5.69 Å². The van der Waals surface area contributed by atoms with Gasteiger partial charge in [0, 0.05) is 11.1 Å². The number of nitrogens with one attached hydrogen (secondary N) is 2. The number of hydrazone groups is 1. The van der Waals surface area contributed by atoms with Gasteiger partial charge in [0.1, 0.15) is 0 Å². The molecule has 3 aromatic carbocycles. The molecule has 0 fully saturated rings. The first-order valence-electron chi connectivity index (χ1n) is 7.41. The first-order valence-corrected chi connectivity index (χ1v) is 7.41. The maximum Gasteiger partial charge on any atom is 0.259 e. The fourth-order valence-electron chi connectivity index (χ4n) is 2.31. The molecular weight excluding hydrogens is 286 g/mol. The van der Waals surface area contributed by atoms with E-state index in [9.17, 15) is 4.79 Å². The molecule has 0 radical (unpaired) electrons. The zero-order valence-electron chi connectivity index (χ0n) is 12.6. The molecule has 114 valence electrons. The van der Waals surface area contributed by atoms with E-state index >= 15 is 0 Å². The Hall–Kier alpha value is -3.14. The molecular formula is C19H17N3O. The highest BCUT2D eigenvalue weighted by Gasteiger charge is 2.02. The van der Waals surface area contributed by atoms with Crippen LogP contribution in [-0.2, 0) is 4.79 Å². The molecule has 0 aliphatic carbocycles. The van der Waals surface area contributed by atoms with Crippen LogP contribution in [0.25, 0.3) is 10.8 Å². The van der Waals surface area contributed by atoms with Crippen LogP contribution in [-0.4, -0.2) is 18.7 Å². The van der Waals surface area contributed by atoms with Gasteiger partial charge in [0.2, 0.25) is 0 Å². The van der Waals surface area contributed by atoms with Crippen molar-refractivity contribution in [2.75, 3.05) is 11.9 Å². The van der Waals surface area contributed by atoms with E-state index in [-0.39, 0.29) is 12.5 Å². The van der Waals surface area contributed by atoms with Crippen molar-refractivity contribution in [3.05, 3.63) is 78.4 Å². The Morgan fingerprint density at radius 3 is 2.52 bits per heavy atom. The molecule has 23 heavy (non-hydrogen) atoms. The Morgan fingerprint density at radius 1 is 0.913 bits per heavy atom. The van der Waals surface area contributed by atoms with Gasteiger partial charge in [0.25, 0.3) is 5.91 Å². The Bertz CT molecular complexity index is 823. The lowest BCUT2D eigenvalue weighted by Gasteiger charge is -2.08. The van der Waals surface area contributed by atoms with Gasteiger partial charge in [0.15, 0.2) is 0 Å². The SMILES string of the molecule is O=C(CNc1cccc2ccccc12)NN=Cc1ccccc1. The lowest BCUT2D eigenvalue weighted by molar-refractivity contribution is -0.119. The van der Waals surface area contributed by atoms with Crippen LogP contribution in [0, 0.1) is 0 Å². The van der Waals surface area contributed by atoms with Crippen LogP contribution in [0.2, 0.25) is 0 Å². The standard InChI is InChI=1S/C19H17N3O/c23-19(22-21-13-15-7-2-1-3-8-15)14-20-18-12-6-10-16-9-4-5-11-17(16)18/h1-13,20H,14H2,(H,22,23). The predicted molar refractivity (Wildman–Crippen MR) is 94.6 cm³/mol. The number of amides is 1. The third-order valence-corrected chi connectivity index (χ3v) is 3.43. The van der Waals surface area contributed by atoms with E-state index in [1.165, 1.54) is 0 Å². The second kappa shape index (κ2) is 7.22. The van der Waals surface area contributed by atoms with Crippen molar-refractivity contribution >= 4 is 28.6 Å². The van der Waals surface area contributed by atoms with Crippen molar-refractivity contribution in [1.82, 2.24) is 5.43 Å². The molecule has 4 nitrogen and oxygen atoms in total. The van der Waals surface area contributed by atoms with E-state index in [1.54, 1.807) is 6.21 Å². The summed E-state index contributed by atoms with van der Waals surface area (Å²) in [6, 6.07) is 23.7. The third kappa shape index (κ3) is 3.95. The van der Waals surface area contributed by atoms with Crippen molar-refractivity contribution in [3.8, 4) is 0 Å². The van der Waals surface area contributed by atoms with Crippen molar-refractivity contribution in [3.63, 3.8) is 0 Å². The minimum absolute atomic E-state index is 0.167. The first-order chi connectivity index (χ1) is 11.3. The topological polar surface area (TPSA) is 53.5 Å². The highest BCUT2D eigenvalue weighted by Crippen LogP contribution is 2.22. The molecule has 0 aliphatic rings. The molecule has 0 bridgehead atoms. The summed E-state index contributed by atoms with van der Waals surface area (Å²) in [6.45, 7) is 0.167. The van der Waals surface area contributed by atoms with E-state index in [1.807, 2.05) is 72.8 Å². The fraction of sp³-hybridized carbons (Fsp3) is 0.0526. The molecule has 0 unspecified atom stereocenters. The van der Waals surface area contributed by atoms with Crippen LogP contribution in [0.5, 0.6) is 0 Å². The summed E-state index contributed by atoms with van der Waals surface area (Å²) < 4.78 is 0. The zero-order chi connectivity index (χ0) is 15.9. The van der Waals surface area contributed by atoms with Gasteiger partial charge in [0.05, 0.1) is 12.8 Å². The lowest BCUT2D eigenvalue weighted by atomic mass is 10.1. The molecule has 0 heterocycles. The molecule has 0 spiro atoms. The molecule has 1 amide bonds. The summed E-state index contributed by atoms with van der Waals surface area (Å²) in [7, 11) is 0. The molecule has 4 heteroatoms. The molecule has 0 aliphatic heterocycles. The van der Waals surface area contributed by atoms with E-state index in [0.717, 1.165) is 22.0 Å². The number of rotatable bonds is 5. The number of fused-ring (bicyclic) bond motifs is 1. The van der Waals surface area contributed by atoms with Gasteiger partial charge in [-0.05, 0) is 17.0 Å². The molecule has 2 N–H and O–H groups in total. The van der Waals surface area contributed by atoms with Gasteiger partial charge in [-0.15, -0.1) is 0 Å². The van der Waals surface area contributed by atoms with Crippen molar-refractivity contribution < 1.29 is 4.79 Å². The van der Waals surface area contributed by atoms with Gasteiger partial charge >= 0.3 is 0 Å². The first kappa shape index (κ1) is 14.8. The van der Waals surface area contributed by atoms with Crippen molar-refractivity contribution in [1.29, 1.82) is 0 Å². The van der Waals surface area contributed by atoms with Gasteiger partial charge in [-0.2, -0.15) is 5.10 Å². The second-order valence-electron chi connectivity index (χ2n) is 5.08. The van der Waals surface area contributed by atoms with E-state index in [0.29, 0.717) is 0 Å². The van der Waals surface area contributed by atoms with Gasteiger partial charge in [-0.25, -0.2) is 5.43 Å². The number of benzene rings is 3. The van der Waals surface area contributed by atoms with Crippen LogP contribution in [0.1, 0.15) is 5.56 Å². The minimum Gasteiger partial charge on any atom is -0.376 e. The Balaban J connectivity index is 1.57. The Labute approximate surface area is 134 Å². The molecule has 0 saturated heterocycles. The molecule has 0 saturated carbocycles. The lowest BCUT2D eigenvalue weighted by Crippen LogP contribution is -2.25. The minimum atomic E-state index is -0.190. The maximum atomic E-state index is 11.9. The van der Waals surface area contributed by atoms with Gasteiger partial charge in [-0.1, -0.05) is 66.7 Å². The molecule has 3 rings (SSSR count). The van der Waals surface area contributed by atoms with Crippen molar-refractivity contribution in [2.24, 2.45) is 5.10 Å². The fourth-order valence-corrected chi connectivity index (χ4v) is 2.31. The number of hydrogen-bond donors (Lipinski definition) is 2. The Kier molecular flexibility index (Phi) is 4.64. The summed E-state index contributed by atoms with van der Waals surface area (Å²) in [4.78, 5) is 11.9. The van der Waals surface area contributed by atoms with E-state index < -0.39 is 0 Å². The smallest absolute Gasteiger partial charge is 0.259 e. The Morgan fingerprint density at radius 2 is 1.65 bits per heavy atom. The second-order valence-corrected chi connectivity index (χ2v) is 5.08. The maximum absolute atomic E-state index is 11.9. The summed E-state index contributed by atoms with van der Waals surface area (Å²) in [5.74, 6) is -0.190. The molecule has 0 atom stereocenters. The van der Waals surface area contributed by atoms with Crippen LogP contribution < -0.4 is 10.7 Å². The summed E-state index contributed by atoms with van der Waals surface area (Å²) >= 11 is 0. The number of nitrogens with zero attached hydrogens (tertiary/aromatic N) is 1. The zero-order valence-corrected chi connectivity index (χ0v) is 12.6. The molecule has 0 aromatic heterocycles. The van der Waals surface area contributed by atoms with Crippen LogP contribution in [0.15, 0.2) is 77.9 Å². The monoisotopic (exact) mass is 303 g/mol. The average molecular weight is 303 g/mol. The summed E-state index contributed by atoms with van der Waals surface area (Å²) in [6.07, 6.45) is 1.62. The average Bonchev–Trinajstić information content (AvgIpc) is 2.61. The molecule has 3 aromatic rings. The number of carbonyl (C=O) groups is 1. The quantitative estimate of drug-likeness (QED) is 0.560.